The van der Waals surface area contributed by atoms with Gasteiger partial charge in [-0.1, -0.05) is 45.0 Å². The van der Waals surface area contributed by atoms with Gasteiger partial charge in [0.15, 0.2) is 0 Å². The standard InChI is InChI=1S/C19H24O3/c1-13(18(20)22-12-19(2,3)4)14-6-7-16-11-17(21-5)9-8-15(16)10-14/h6-11,13H,12H2,1-5H3. The number of fused-ring (bicyclic) bond motifs is 1. The Hall–Kier alpha value is -2.03. The Bertz CT molecular complexity index is 668. The fourth-order valence-electron chi connectivity index (χ4n) is 2.19. The van der Waals surface area contributed by atoms with E-state index >= 15 is 0 Å². The van der Waals surface area contributed by atoms with Crippen LogP contribution in [0.4, 0.5) is 0 Å². The first kappa shape index (κ1) is 16.3. The molecule has 3 nitrogen and oxygen atoms in total. The molecule has 2 aromatic rings. The first-order valence-electron chi connectivity index (χ1n) is 7.54. The third-order valence-electron chi connectivity index (χ3n) is 3.57. The van der Waals surface area contributed by atoms with Crippen molar-refractivity contribution in [2.75, 3.05) is 13.7 Å². The number of benzene rings is 2. The van der Waals surface area contributed by atoms with Crippen LogP contribution in [0, 0.1) is 5.41 Å². The maximum atomic E-state index is 12.2. The summed E-state index contributed by atoms with van der Waals surface area (Å²) in [6.45, 7) is 8.47. The summed E-state index contributed by atoms with van der Waals surface area (Å²) in [5.41, 5.74) is 0.951. The van der Waals surface area contributed by atoms with Gasteiger partial charge in [-0.05, 0) is 40.8 Å². The Balaban J connectivity index is 2.17. The zero-order valence-corrected chi connectivity index (χ0v) is 14.0. The van der Waals surface area contributed by atoms with Gasteiger partial charge in [0, 0.05) is 0 Å². The number of methoxy groups -OCH3 is 1. The first-order chi connectivity index (χ1) is 10.3. The van der Waals surface area contributed by atoms with Crippen LogP contribution in [-0.2, 0) is 9.53 Å². The van der Waals surface area contributed by atoms with Crippen LogP contribution in [-0.4, -0.2) is 19.7 Å². The van der Waals surface area contributed by atoms with Crippen molar-refractivity contribution in [3.63, 3.8) is 0 Å². The molecule has 0 saturated carbocycles. The molecule has 0 saturated heterocycles. The molecule has 0 aliphatic heterocycles. The molecule has 0 spiro atoms. The summed E-state index contributed by atoms with van der Waals surface area (Å²) in [5, 5.41) is 2.19. The fraction of sp³-hybridized carbons (Fsp3) is 0.421. The number of rotatable bonds is 4. The van der Waals surface area contributed by atoms with E-state index in [1.807, 2.05) is 64.1 Å². The summed E-state index contributed by atoms with van der Waals surface area (Å²) in [4.78, 5) is 12.2. The lowest BCUT2D eigenvalue weighted by Gasteiger charge is -2.20. The third kappa shape index (κ3) is 4.00. The first-order valence-corrected chi connectivity index (χ1v) is 7.54. The minimum atomic E-state index is -0.270. The minimum absolute atomic E-state index is 0.0185. The monoisotopic (exact) mass is 300 g/mol. The summed E-state index contributed by atoms with van der Waals surface area (Å²) in [5.74, 6) is 0.384. The molecule has 0 fully saturated rings. The zero-order valence-electron chi connectivity index (χ0n) is 14.0. The van der Waals surface area contributed by atoms with Crippen molar-refractivity contribution in [2.45, 2.75) is 33.6 Å². The molecule has 22 heavy (non-hydrogen) atoms. The maximum Gasteiger partial charge on any atom is 0.313 e. The highest BCUT2D eigenvalue weighted by atomic mass is 16.5. The summed E-state index contributed by atoms with van der Waals surface area (Å²) in [6, 6.07) is 11.9. The van der Waals surface area contributed by atoms with Crippen molar-refractivity contribution in [1.29, 1.82) is 0 Å². The van der Waals surface area contributed by atoms with Crippen LogP contribution in [0.2, 0.25) is 0 Å². The molecule has 2 aromatic carbocycles. The molecule has 118 valence electrons. The van der Waals surface area contributed by atoms with Gasteiger partial charge in [-0.3, -0.25) is 4.79 Å². The van der Waals surface area contributed by atoms with Crippen LogP contribution in [0.3, 0.4) is 0 Å². The minimum Gasteiger partial charge on any atom is -0.497 e. The Morgan fingerprint density at radius 1 is 1.09 bits per heavy atom. The van der Waals surface area contributed by atoms with Crippen LogP contribution in [0.25, 0.3) is 10.8 Å². The van der Waals surface area contributed by atoms with Gasteiger partial charge < -0.3 is 9.47 Å². The molecular weight excluding hydrogens is 276 g/mol. The second kappa shape index (κ2) is 6.39. The van der Waals surface area contributed by atoms with E-state index in [0.717, 1.165) is 22.1 Å². The molecule has 0 aromatic heterocycles. The number of hydrogen-bond donors (Lipinski definition) is 0. The molecule has 3 heteroatoms. The highest BCUT2D eigenvalue weighted by Crippen LogP contribution is 2.26. The van der Waals surface area contributed by atoms with Crippen molar-refractivity contribution in [2.24, 2.45) is 5.41 Å². The van der Waals surface area contributed by atoms with E-state index in [0.29, 0.717) is 6.61 Å². The van der Waals surface area contributed by atoms with Gasteiger partial charge in [0.05, 0.1) is 19.6 Å². The average Bonchev–Trinajstić information content (AvgIpc) is 2.50. The van der Waals surface area contributed by atoms with E-state index in [2.05, 4.69) is 0 Å². The lowest BCUT2D eigenvalue weighted by Crippen LogP contribution is -2.21. The number of esters is 1. The molecule has 0 radical (unpaired) electrons. The zero-order chi connectivity index (χ0) is 16.3. The van der Waals surface area contributed by atoms with Crippen molar-refractivity contribution < 1.29 is 14.3 Å². The Labute approximate surface area is 132 Å². The summed E-state index contributed by atoms with van der Waals surface area (Å²) in [7, 11) is 1.66. The van der Waals surface area contributed by atoms with Crippen molar-refractivity contribution >= 4 is 16.7 Å². The van der Waals surface area contributed by atoms with Crippen molar-refractivity contribution in [3.05, 3.63) is 42.0 Å². The SMILES string of the molecule is COc1ccc2cc(C(C)C(=O)OCC(C)(C)C)ccc2c1. The Morgan fingerprint density at radius 3 is 2.36 bits per heavy atom. The maximum absolute atomic E-state index is 12.2. The lowest BCUT2D eigenvalue weighted by atomic mass is 9.96. The van der Waals surface area contributed by atoms with Crippen molar-refractivity contribution in [1.82, 2.24) is 0 Å². The molecular formula is C19H24O3. The lowest BCUT2D eigenvalue weighted by molar-refractivity contribution is -0.147. The topological polar surface area (TPSA) is 35.5 Å². The van der Waals surface area contributed by atoms with Crippen LogP contribution in [0.15, 0.2) is 36.4 Å². The molecule has 1 atom stereocenters. The van der Waals surface area contributed by atoms with E-state index in [1.54, 1.807) is 7.11 Å². The number of ether oxygens (including phenoxy) is 2. The number of hydrogen-bond acceptors (Lipinski definition) is 3. The van der Waals surface area contributed by atoms with E-state index in [4.69, 9.17) is 9.47 Å². The normalized spacial score (nSPS) is 13.0. The largest absolute Gasteiger partial charge is 0.497 e. The van der Waals surface area contributed by atoms with Gasteiger partial charge in [-0.15, -0.1) is 0 Å². The predicted octanol–water partition coefficient (Wildman–Crippen LogP) is 4.54. The van der Waals surface area contributed by atoms with E-state index < -0.39 is 0 Å². The molecule has 0 amide bonds. The predicted molar refractivity (Wildman–Crippen MR) is 89.3 cm³/mol. The molecule has 0 N–H and O–H groups in total. The number of carbonyl (C=O) groups is 1. The van der Waals surface area contributed by atoms with Gasteiger partial charge >= 0.3 is 5.97 Å². The quantitative estimate of drug-likeness (QED) is 0.778. The van der Waals surface area contributed by atoms with Crippen LogP contribution in [0.1, 0.15) is 39.2 Å². The van der Waals surface area contributed by atoms with Crippen LogP contribution in [0.5, 0.6) is 5.75 Å². The molecule has 0 aliphatic carbocycles. The van der Waals surface area contributed by atoms with E-state index in [-0.39, 0.29) is 17.3 Å². The van der Waals surface area contributed by atoms with Crippen molar-refractivity contribution in [3.8, 4) is 5.75 Å². The van der Waals surface area contributed by atoms with Gasteiger partial charge in [0.25, 0.3) is 0 Å². The molecule has 0 heterocycles. The second-order valence-corrected chi connectivity index (χ2v) is 6.86. The highest BCUT2D eigenvalue weighted by Gasteiger charge is 2.20. The second-order valence-electron chi connectivity index (χ2n) is 6.86. The molecule has 2 rings (SSSR count). The smallest absolute Gasteiger partial charge is 0.313 e. The summed E-state index contributed by atoms with van der Waals surface area (Å²) >= 11 is 0. The fourth-order valence-corrected chi connectivity index (χ4v) is 2.19. The third-order valence-corrected chi connectivity index (χ3v) is 3.57. The van der Waals surface area contributed by atoms with Gasteiger partial charge in [-0.2, -0.15) is 0 Å². The summed E-state index contributed by atoms with van der Waals surface area (Å²) < 4.78 is 10.6. The Kier molecular flexibility index (Phi) is 4.74. The highest BCUT2D eigenvalue weighted by molar-refractivity contribution is 5.86. The van der Waals surface area contributed by atoms with Crippen LogP contribution < -0.4 is 4.74 Å². The van der Waals surface area contributed by atoms with Gasteiger partial charge in [0.2, 0.25) is 0 Å². The molecule has 0 bridgehead atoms. The van der Waals surface area contributed by atoms with Gasteiger partial charge in [-0.25, -0.2) is 0 Å². The number of carbonyl (C=O) groups excluding carboxylic acids is 1. The molecule has 1 unspecified atom stereocenters. The average molecular weight is 300 g/mol. The Morgan fingerprint density at radius 2 is 1.73 bits per heavy atom. The van der Waals surface area contributed by atoms with E-state index in [9.17, 15) is 4.79 Å². The van der Waals surface area contributed by atoms with E-state index in [1.165, 1.54) is 0 Å². The van der Waals surface area contributed by atoms with Crippen LogP contribution >= 0.6 is 0 Å². The molecule has 0 aliphatic rings. The van der Waals surface area contributed by atoms with Gasteiger partial charge in [0.1, 0.15) is 5.75 Å². The summed E-state index contributed by atoms with van der Waals surface area (Å²) in [6.07, 6.45) is 0.